The van der Waals surface area contributed by atoms with E-state index in [1.165, 1.54) is 0 Å². The first kappa shape index (κ1) is 17.7. The lowest BCUT2D eigenvalue weighted by atomic mass is 10.2. The largest absolute Gasteiger partial charge is 0.360 e. The molecule has 0 spiro atoms. The Hall–Kier alpha value is -3.40. The minimum Gasteiger partial charge on any atom is -0.360 e. The monoisotopic (exact) mass is 396 g/mol. The third-order valence-electron chi connectivity index (χ3n) is 4.92. The van der Waals surface area contributed by atoms with Gasteiger partial charge in [0.25, 0.3) is 5.92 Å². The number of nitrogens with one attached hydrogen (secondary N) is 2. The highest BCUT2D eigenvalue weighted by Crippen LogP contribution is 2.26. The number of nitrogens with zero attached hydrogens (tertiary/aromatic N) is 6. The fraction of sp³-hybridized carbons (Fsp3) is 0.263. The van der Waals surface area contributed by atoms with E-state index in [4.69, 9.17) is 0 Å². The van der Waals surface area contributed by atoms with Gasteiger partial charge in [0.05, 0.1) is 30.3 Å². The second-order valence-electron chi connectivity index (χ2n) is 7.03. The van der Waals surface area contributed by atoms with Gasteiger partial charge in [0.2, 0.25) is 0 Å². The number of alkyl halides is 2. The molecule has 0 bridgehead atoms. The molecule has 5 heterocycles. The Kier molecular flexibility index (Phi) is 4.02. The van der Waals surface area contributed by atoms with Crippen LogP contribution in [0.15, 0.2) is 48.9 Å². The Balaban J connectivity index is 1.50. The Morgan fingerprint density at radius 1 is 1.17 bits per heavy atom. The summed E-state index contributed by atoms with van der Waals surface area (Å²) in [5, 5.41) is 14.4. The molecule has 1 aliphatic rings. The van der Waals surface area contributed by atoms with Crippen LogP contribution >= 0.6 is 0 Å². The van der Waals surface area contributed by atoms with Crippen molar-refractivity contribution < 1.29 is 8.78 Å². The Morgan fingerprint density at radius 2 is 2.07 bits per heavy atom. The van der Waals surface area contributed by atoms with Gasteiger partial charge in [0.15, 0.2) is 5.65 Å². The zero-order valence-electron chi connectivity index (χ0n) is 15.5. The van der Waals surface area contributed by atoms with E-state index in [0.717, 1.165) is 11.3 Å². The van der Waals surface area contributed by atoms with Gasteiger partial charge in [0.1, 0.15) is 17.6 Å². The van der Waals surface area contributed by atoms with Gasteiger partial charge in [-0.05, 0) is 24.3 Å². The Bertz CT molecular complexity index is 1180. The Labute approximate surface area is 164 Å². The van der Waals surface area contributed by atoms with Crippen molar-refractivity contribution in [1.29, 1.82) is 0 Å². The molecule has 1 fully saturated rings. The third kappa shape index (κ3) is 3.21. The molecular formula is C19H18F2N8. The number of rotatable bonds is 4. The van der Waals surface area contributed by atoms with Crippen molar-refractivity contribution in [3.05, 3.63) is 48.9 Å². The predicted octanol–water partition coefficient (Wildman–Crippen LogP) is 2.21. The van der Waals surface area contributed by atoms with Gasteiger partial charge in [0, 0.05) is 25.4 Å². The van der Waals surface area contributed by atoms with Crippen LogP contribution in [0, 0.1) is 0 Å². The summed E-state index contributed by atoms with van der Waals surface area (Å²) < 4.78 is 31.2. The smallest absolute Gasteiger partial charge is 0.281 e. The molecule has 0 saturated carbocycles. The van der Waals surface area contributed by atoms with Crippen LogP contribution in [0.1, 0.15) is 0 Å². The van der Waals surface area contributed by atoms with Crippen molar-refractivity contribution in [3.8, 4) is 22.6 Å². The van der Waals surface area contributed by atoms with Crippen LogP contribution in [-0.2, 0) is 7.05 Å². The van der Waals surface area contributed by atoms with E-state index in [1.54, 1.807) is 39.8 Å². The van der Waals surface area contributed by atoms with E-state index in [9.17, 15) is 8.78 Å². The highest BCUT2D eigenvalue weighted by Gasteiger charge is 2.44. The van der Waals surface area contributed by atoms with Crippen molar-refractivity contribution in [1.82, 2.24) is 34.7 Å². The summed E-state index contributed by atoms with van der Waals surface area (Å²) >= 11 is 0. The molecule has 1 aliphatic heterocycles. The molecule has 4 aromatic rings. The van der Waals surface area contributed by atoms with Gasteiger partial charge in [-0.3, -0.25) is 4.68 Å². The topological polar surface area (TPSA) is 85.0 Å². The van der Waals surface area contributed by atoms with Gasteiger partial charge >= 0.3 is 0 Å². The maximum atomic E-state index is 13.9. The van der Waals surface area contributed by atoms with Crippen molar-refractivity contribution in [2.24, 2.45) is 7.05 Å². The molecule has 1 unspecified atom stereocenters. The molecule has 1 saturated heterocycles. The van der Waals surface area contributed by atoms with Crippen molar-refractivity contribution in [2.75, 3.05) is 18.4 Å². The third-order valence-corrected chi connectivity index (χ3v) is 4.92. The van der Waals surface area contributed by atoms with Gasteiger partial charge in [-0.15, -0.1) is 0 Å². The highest BCUT2D eigenvalue weighted by atomic mass is 19.3. The van der Waals surface area contributed by atoms with E-state index in [1.807, 2.05) is 25.4 Å². The zero-order valence-corrected chi connectivity index (χ0v) is 15.5. The van der Waals surface area contributed by atoms with Crippen LogP contribution in [0.3, 0.4) is 0 Å². The molecule has 0 aromatic carbocycles. The summed E-state index contributed by atoms with van der Waals surface area (Å²) in [6.45, 7) is -0.150. The number of aryl methyl sites for hydroxylation is 1. The fourth-order valence-corrected chi connectivity index (χ4v) is 3.40. The number of hydrogen-bond acceptors (Lipinski definition) is 6. The molecule has 0 aliphatic carbocycles. The SMILES string of the molecule is Cn1cc(-c2ccc3ncc(-c4cccc(NC5CNCC5(F)F)n4)n3n2)cn1. The maximum absolute atomic E-state index is 13.9. The highest BCUT2D eigenvalue weighted by molar-refractivity contribution is 5.64. The summed E-state index contributed by atoms with van der Waals surface area (Å²) in [5.74, 6) is -2.43. The number of fused-ring (bicyclic) bond motifs is 1. The van der Waals surface area contributed by atoms with Crippen LogP contribution < -0.4 is 10.6 Å². The minimum absolute atomic E-state index is 0.185. The summed E-state index contributed by atoms with van der Waals surface area (Å²) in [6.07, 6.45) is 5.29. The molecule has 29 heavy (non-hydrogen) atoms. The van der Waals surface area contributed by atoms with Crippen LogP contribution in [0.5, 0.6) is 0 Å². The molecule has 4 aromatic heterocycles. The normalized spacial score (nSPS) is 18.4. The minimum atomic E-state index is -2.82. The lowest BCUT2D eigenvalue weighted by molar-refractivity contribution is 0.0138. The molecule has 8 nitrogen and oxygen atoms in total. The molecule has 2 N–H and O–H groups in total. The molecule has 5 rings (SSSR count). The van der Waals surface area contributed by atoms with Gasteiger partial charge < -0.3 is 10.6 Å². The maximum Gasteiger partial charge on any atom is 0.281 e. The first-order valence-corrected chi connectivity index (χ1v) is 9.16. The second kappa shape index (κ2) is 6.59. The van der Waals surface area contributed by atoms with Crippen molar-refractivity contribution in [2.45, 2.75) is 12.0 Å². The summed E-state index contributed by atoms with van der Waals surface area (Å²) in [4.78, 5) is 8.89. The fourth-order valence-electron chi connectivity index (χ4n) is 3.40. The summed E-state index contributed by atoms with van der Waals surface area (Å²) in [7, 11) is 1.84. The van der Waals surface area contributed by atoms with Crippen LogP contribution in [0.2, 0.25) is 0 Å². The van der Waals surface area contributed by atoms with E-state index < -0.39 is 12.0 Å². The van der Waals surface area contributed by atoms with E-state index >= 15 is 0 Å². The molecular weight excluding hydrogens is 378 g/mol. The average molecular weight is 396 g/mol. The molecule has 0 amide bonds. The molecule has 1 atom stereocenters. The quantitative estimate of drug-likeness (QED) is 0.550. The van der Waals surface area contributed by atoms with Crippen LogP contribution in [0.4, 0.5) is 14.6 Å². The summed E-state index contributed by atoms with van der Waals surface area (Å²) in [5.41, 5.74) is 3.56. The molecule has 148 valence electrons. The number of anilines is 1. The first-order valence-electron chi connectivity index (χ1n) is 9.16. The number of imidazole rings is 1. The van der Waals surface area contributed by atoms with E-state index in [2.05, 4.69) is 30.8 Å². The van der Waals surface area contributed by atoms with Crippen molar-refractivity contribution >= 4 is 11.5 Å². The lowest BCUT2D eigenvalue weighted by Gasteiger charge is -2.19. The number of hydrogen-bond donors (Lipinski definition) is 2. The van der Waals surface area contributed by atoms with Gasteiger partial charge in [-0.1, -0.05) is 6.07 Å². The number of pyridine rings is 1. The van der Waals surface area contributed by atoms with Gasteiger partial charge in [-0.25, -0.2) is 23.3 Å². The number of halogens is 2. The van der Waals surface area contributed by atoms with Gasteiger partial charge in [-0.2, -0.15) is 10.2 Å². The zero-order chi connectivity index (χ0) is 20.0. The predicted molar refractivity (Wildman–Crippen MR) is 104 cm³/mol. The van der Waals surface area contributed by atoms with Crippen LogP contribution in [-0.4, -0.2) is 54.4 Å². The lowest BCUT2D eigenvalue weighted by Crippen LogP contribution is -2.38. The molecule has 0 radical (unpaired) electrons. The average Bonchev–Trinajstić information content (AvgIpc) is 3.40. The van der Waals surface area contributed by atoms with Crippen LogP contribution in [0.25, 0.3) is 28.3 Å². The molecule has 10 heteroatoms. The first-order chi connectivity index (χ1) is 14.0. The van der Waals surface area contributed by atoms with E-state index in [0.29, 0.717) is 22.9 Å². The second-order valence-corrected chi connectivity index (χ2v) is 7.03. The Morgan fingerprint density at radius 3 is 2.83 bits per heavy atom. The summed E-state index contributed by atoms with van der Waals surface area (Å²) in [6, 6.07) is 8.00. The van der Waals surface area contributed by atoms with Crippen molar-refractivity contribution in [3.63, 3.8) is 0 Å². The number of aromatic nitrogens is 6. The van der Waals surface area contributed by atoms with E-state index in [-0.39, 0.29) is 13.1 Å². The standard InChI is InChI=1S/C19H18F2N8/c1-28-10-12(7-24-28)13-5-6-18-23-8-15(29(18)27-13)14-3-2-4-17(25-14)26-16-9-22-11-19(16,20)21/h2-8,10,16,22H,9,11H2,1H3,(H,25,26).